The highest BCUT2D eigenvalue weighted by atomic mass is 16.6. The Morgan fingerprint density at radius 1 is 0.964 bits per heavy atom. The second-order valence-corrected chi connectivity index (χ2v) is 7.35. The van der Waals surface area contributed by atoms with Gasteiger partial charge >= 0.3 is 5.97 Å². The van der Waals surface area contributed by atoms with Crippen LogP contribution in [0.15, 0.2) is 36.4 Å². The average molecular weight is 383 g/mol. The summed E-state index contributed by atoms with van der Waals surface area (Å²) in [7, 11) is 0. The molecule has 5 heteroatoms. The van der Waals surface area contributed by atoms with Crippen LogP contribution in [0.1, 0.15) is 48.9 Å². The van der Waals surface area contributed by atoms with Gasteiger partial charge in [0.2, 0.25) is 0 Å². The third-order valence-corrected chi connectivity index (χ3v) is 4.69. The number of carbonyl (C=O) groups excluding carboxylic acids is 2. The Morgan fingerprint density at radius 3 is 2.32 bits per heavy atom. The predicted octanol–water partition coefficient (Wildman–Crippen LogP) is 4.68. The molecule has 5 nitrogen and oxygen atoms in total. The molecule has 0 saturated heterocycles. The lowest BCUT2D eigenvalue weighted by Crippen LogP contribution is -2.32. The van der Waals surface area contributed by atoms with Crippen molar-refractivity contribution in [2.45, 2.75) is 53.6 Å². The highest BCUT2D eigenvalue weighted by Gasteiger charge is 2.20. The molecule has 2 aromatic rings. The Labute approximate surface area is 167 Å². The Hall–Kier alpha value is -2.82. The molecule has 0 radical (unpaired) electrons. The molecule has 2 aromatic carbocycles. The summed E-state index contributed by atoms with van der Waals surface area (Å²) in [6.07, 6.45) is -0.921. The van der Waals surface area contributed by atoms with E-state index in [1.807, 2.05) is 51.1 Å². The van der Waals surface area contributed by atoms with Gasteiger partial charge in [-0.3, -0.25) is 4.79 Å². The number of amides is 1. The summed E-state index contributed by atoms with van der Waals surface area (Å²) in [6, 6.07) is 11.5. The van der Waals surface area contributed by atoms with Gasteiger partial charge < -0.3 is 14.8 Å². The maximum Gasteiger partial charge on any atom is 0.344 e. The van der Waals surface area contributed by atoms with E-state index in [0.717, 1.165) is 27.9 Å². The molecule has 2 rings (SSSR count). The van der Waals surface area contributed by atoms with Crippen molar-refractivity contribution in [2.24, 2.45) is 0 Å². The predicted molar refractivity (Wildman–Crippen MR) is 111 cm³/mol. The van der Waals surface area contributed by atoms with Crippen molar-refractivity contribution in [1.29, 1.82) is 0 Å². The van der Waals surface area contributed by atoms with Crippen molar-refractivity contribution >= 4 is 17.6 Å². The van der Waals surface area contributed by atoms with Crippen molar-refractivity contribution < 1.29 is 19.1 Å². The van der Waals surface area contributed by atoms with Crippen LogP contribution in [0.3, 0.4) is 0 Å². The molecule has 0 aliphatic heterocycles. The fourth-order valence-corrected chi connectivity index (χ4v) is 2.80. The number of carbonyl (C=O) groups is 2. The molecular formula is C23H29NO4. The van der Waals surface area contributed by atoms with E-state index in [1.165, 1.54) is 0 Å². The van der Waals surface area contributed by atoms with Crippen molar-refractivity contribution in [2.75, 3.05) is 11.9 Å². The van der Waals surface area contributed by atoms with Crippen LogP contribution in [0.4, 0.5) is 5.69 Å². The van der Waals surface area contributed by atoms with E-state index in [0.29, 0.717) is 5.75 Å². The summed E-state index contributed by atoms with van der Waals surface area (Å²) >= 11 is 0. The molecular weight excluding hydrogens is 354 g/mol. The van der Waals surface area contributed by atoms with E-state index in [9.17, 15) is 9.59 Å². The SMILES string of the molecule is Cc1ccc(OCC(=O)O[C@H](C)C(=O)Nc2c(C)cccc2C(C)C)cc1C. The van der Waals surface area contributed by atoms with E-state index in [2.05, 4.69) is 19.2 Å². The van der Waals surface area contributed by atoms with Crippen LogP contribution < -0.4 is 10.1 Å². The zero-order valence-electron chi connectivity index (χ0n) is 17.5. The van der Waals surface area contributed by atoms with Crippen molar-refractivity contribution in [3.05, 3.63) is 58.7 Å². The molecule has 0 bridgehead atoms. The van der Waals surface area contributed by atoms with Crippen LogP contribution in [0.2, 0.25) is 0 Å². The molecule has 0 heterocycles. The molecule has 0 fully saturated rings. The molecule has 0 aliphatic rings. The summed E-state index contributed by atoms with van der Waals surface area (Å²) in [5.74, 6) is -0.0939. The zero-order valence-corrected chi connectivity index (χ0v) is 17.5. The minimum atomic E-state index is -0.921. The molecule has 150 valence electrons. The number of esters is 1. The number of hydrogen-bond donors (Lipinski definition) is 1. The van der Waals surface area contributed by atoms with Gasteiger partial charge in [-0.05, 0) is 68.0 Å². The monoisotopic (exact) mass is 383 g/mol. The van der Waals surface area contributed by atoms with Gasteiger partial charge in [-0.15, -0.1) is 0 Å². The van der Waals surface area contributed by atoms with Crippen LogP contribution in [-0.2, 0) is 14.3 Å². The third-order valence-electron chi connectivity index (χ3n) is 4.69. The topological polar surface area (TPSA) is 64.6 Å². The summed E-state index contributed by atoms with van der Waals surface area (Å²) in [4.78, 5) is 24.6. The molecule has 1 N–H and O–H groups in total. The Kier molecular flexibility index (Phi) is 7.21. The number of rotatable bonds is 7. The largest absolute Gasteiger partial charge is 0.482 e. The van der Waals surface area contributed by atoms with Gasteiger partial charge in [-0.1, -0.05) is 38.1 Å². The molecule has 0 aliphatic carbocycles. The van der Waals surface area contributed by atoms with Gasteiger partial charge in [0.1, 0.15) is 5.75 Å². The van der Waals surface area contributed by atoms with Crippen molar-refractivity contribution in [3.63, 3.8) is 0 Å². The minimum Gasteiger partial charge on any atom is -0.482 e. The highest BCUT2D eigenvalue weighted by Crippen LogP contribution is 2.27. The lowest BCUT2D eigenvalue weighted by Gasteiger charge is -2.19. The Morgan fingerprint density at radius 2 is 1.68 bits per heavy atom. The molecule has 1 amide bonds. The lowest BCUT2D eigenvalue weighted by molar-refractivity contribution is -0.155. The normalized spacial score (nSPS) is 11.8. The number of anilines is 1. The quantitative estimate of drug-likeness (QED) is 0.705. The zero-order chi connectivity index (χ0) is 20.8. The first kappa shape index (κ1) is 21.5. The summed E-state index contributed by atoms with van der Waals surface area (Å²) in [6.45, 7) is 11.4. The van der Waals surface area contributed by atoms with Crippen LogP contribution in [-0.4, -0.2) is 24.6 Å². The second-order valence-electron chi connectivity index (χ2n) is 7.35. The first-order valence-corrected chi connectivity index (χ1v) is 9.49. The fourth-order valence-electron chi connectivity index (χ4n) is 2.80. The second kappa shape index (κ2) is 9.40. The smallest absolute Gasteiger partial charge is 0.344 e. The van der Waals surface area contributed by atoms with Crippen LogP contribution in [0.25, 0.3) is 0 Å². The molecule has 0 spiro atoms. The van der Waals surface area contributed by atoms with Gasteiger partial charge in [0.15, 0.2) is 12.7 Å². The van der Waals surface area contributed by atoms with Gasteiger partial charge in [-0.25, -0.2) is 4.79 Å². The Balaban J connectivity index is 1.93. The molecule has 28 heavy (non-hydrogen) atoms. The number of para-hydroxylation sites is 1. The van der Waals surface area contributed by atoms with Gasteiger partial charge in [0.05, 0.1) is 0 Å². The van der Waals surface area contributed by atoms with Crippen LogP contribution in [0, 0.1) is 20.8 Å². The van der Waals surface area contributed by atoms with Gasteiger partial charge in [0, 0.05) is 5.69 Å². The van der Waals surface area contributed by atoms with Crippen LogP contribution in [0.5, 0.6) is 5.75 Å². The number of benzene rings is 2. The molecule has 0 aromatic heterocycles. The minimum absolute atomic E-state index is 0.248. The molecule has 1 atom stereocenters. The third kappa shape index (κ3) is 5.59. The highest BCUT2D eigenvalue weighted by molar-refractivity contribution is 5.96. The maximum absolute atomic E-state index is 12.5. The van der Waals surface area contributed by atoms with E-state index in [4.69, 9.17) is 9.47 Å². The van der Waals surface area contributed by atoms with E-state index >= 15 is 0 Å². The van der Waals surface area contributed by atoms with Crippen LogP contribution >= 0.6 is 0 Å². The number of nitrogens with one attached hydrogen (secondary N) is 1. The Bertz CT molecular complexity index is 858. The summed E-state index contributed by atoms with van der Waals surface area (Å²) < 4.78 is 10.7. The number of aryl methyl sites for hydroxylation is 3. The summed E-state index contributed by atoms with van der Waals surface area (Å²) in [5.41, 5.74) is 5.02. The van der Waals surface area contributed by atoms with E-state index < -0.39 is 12.1 Å². The average Bonchev–Trinajstić information content (AvgIpc) is 2.64. The lowest BCUT2D eigenvalue weighted by atomic mass is 9.98. The van der Waals surface area contributed by atoms with E-state index in [-0.39, 0.29) is 18.4 Å². The maximum atomic E-state index is 12.5. The van der Waals surface area contributed by atoms with Crippen molar-refractivity contribution in [1.82, 2.24) is 0 Å². The first-order chi connectivity index (χ1) is 13.2. The fraction of sp³-hybridized carbons (Fsp3) is 0.391. The molecule has 0 unspecified atom stereocenters. The van der Waals surface area contributed by atoms with Gasteiger partial charge in [-0.2, -0.15) is 0 Å². The number of hydrogen-bond acceptors (Lipinski definition) is 4. The summed E-state index contributed by atoms with van der Waals surface area (Å²) in [5, 5.41) is 2.90. The van der Waals surface area contributed by atoms with E-state index in [1.54, 1.807) is 13.0 Å². The number of ether oxygens (including phenoxy) is 2. The van der Waals surface area contributed by atoms with Gasteiger partial charge in [0.25, 0.3) is 5.91 Å². The van der Waals surface area contributed by atoms with Crippen molar-refractivity contribution in [3.8, 4) is 5.75 Å². The first-order valence-electron chi connectivity index (χ1n) is 9.49. The molecule has 0 saturated carbocycles. The standard InChI is InChI=1S/C23H29NO4/c1-14(2)20-9-7-8-16(4)22(20)24-23(26)18(6)28-21(25)13-27-19-11-10-15(3)17(5)12-19/h7-12,14,18H,13H2,1-6H3,(H,24,26)/t18-/m1/s1.